The molecule has 2 heterocycles. The van der Waals surface area contributed by atoms with Crippen molar-refractivity contribution in [3.8, 4) is 11.5 Å². The van der Waals surface area contributed by atoms with Gasteiger partial charge in [0.1, 0.15) is 11.4 Å². The Morgan fingerprint density at radius 1 is 1.21 bits per heavy atom. The zero-order valence-corrected chi connectivity index (χ0v) is 23.4. The van der Waals surface area contributed by atoms with Gasteiger partial charge in [0.25, 0.3) is 0 Å². The maximum absolute atomic E-state index is 12.9. The van der Waals surface area contributed by atoms with Crippen LogP contribution in [0.1, 0.15) is 64.5 Å². The molecule has 212 valence electrons. The molecule has 0 unspecified atom stereocenters. The smallest absolute Gasteiger partial charge is 0.347 e. The van der Waals surface area contributed by atoms with Gasteiger partial charge in [-0.2, -0.15) is 0 Å². The predicted molar refractivity (Wildman–Crippen MR) is 138 cm³/mol. The van der Waals surface area contributed by atoms with Crippen LogP contribution in [0.15, 0.2) is 24.0 Å². The molecule has 0 radical (unpaired) electrons. The Balaban J connectivity index is 1.31. The second-order valence-corrected chi connectivity index (χ2v) is 11.9. The highest BCUT2D eigenvalue weighted by molar-refractivity contribution is 5.82. The van der Waals surface area contributed by atoms with Crippen molar-refractivity contribution in [1.29, 1.82) is 0 Å². The van der Waals surface area contributed by atoms with Crippen LogP contribution in [0.5, 0.6) is 11.5 Å². The number of benzene rings is 1. The van der Waals surface area contributed by atoms with E-state index in [4.69, 9.17) is 23.7 Å². The molecule has 2 aliphatic heterocycles. The Morgan fingerprint density at radius 3 is 2.62 bits per heavy atom. The van der Waals surface area contributed by atoms with Gasteiger partial charge in [-0.05, 0) is 71.8 Å². The zero-order valence-electron chi connectivity index (χ0n) is 23.4. The zero-order chi connectivity index (χ0) is 28.3. The molecule has 10 nitrogen and oxygen atoms in total. The number of hydrogen-bond acceptors (Lipinski definition) is 10. The van der Waals surface area contributed by atoms with Gasteiger partial charge in [-0.15, -0.1) is 0 Å². The average molecular weight is 544 g/mol. The summed E-state index contributed by atoms with van der Waals surface area (Å²) in [4.78, 5) is 39.4. The molecular formula is C29H37NO9. The summed E-state index contributed by atoms with van der Waals surface area (Å²) in [5.74, 6) is -0.504. The minimum absolute atomic E-state index is 0.112. The summed E-state index contributed by atoms with van der Waals surface area (Å²) in [5, 5.41) is 12.2. The normalized spacial score (nSPS) is 29.4. The molecule has 4 aliphatic rings. The fraction of sp³-hybridized carbons (Fsp3) is 0.621. The van der Waals surface area contributed by atoms with Crippen molar-refractivity contribution in [2.75, 3.05) is 20.7 Å². The van der Waals surface area contributed by atoms with Crippen molar-refractivity contribution in [3.05, 3.63) is 35.1 Å². The van der Waals surface area contributed by atoms with E-state index in [-0.39, 0.29) is 18.9 Å². The number of nitrogens with zero attached hydrogens (tertiary/aromatic N) is 1. The molecule has 2 bridgehead atoms. The Hall–Kier alpha value is -3.11. The lowest BCUT2D eigenvalue weighted by molar-refractivity contribution is -0.175. The maximum atomic E-state index is 12.9. The Labute approximate surface area is 228 Å². The molecular weight excluding hydrogens is 506 g/mol. The first kappa shape index (κ1) is 27.5. The standard InChI is InChI=1S/C29H37NO9/c1-16(26(33)39-27(2,3)4)36-21(31)9-10-22(32)37-19-11-12-29(34)20-15-17-7-8-18(35-6)24-23(17)28(29,25(19)38-24)13-14-30(20)5/h7-8,11,16,20,25,34H,9-10,12-15H2,1-6H3/t16-,20-,25+,28+,29-/m0/s1. The molecule has 1 aromatic carbocycles. The lowest BCUT2D eigenvalue weighted by atomic mass is 9.50. The second kappa shape index (κ2) is 9.52. The van der Waals surface area contributed by atoms with E-state index in [0.717, 1.165) is 17.7 Å². The number of aliphatic hydroxyl groups is 1. The minimum atomic E-state index is -1.10. The van der Waals surface area contributed by atoms with E-state index in [9.17, 15) is 19.5 Å². The van der Waals surface area contributed by atoms with Crippen molar-refractivity contribution in [2.24, 2.45) is 0 Å². The summed E-state index contributed by atoms with van der Waals surface area (Å²) in [5.41, 5.74) is -0.551. The van der Waals surface area contributed by atoms with E-state index in [1.54, 1.807) is 34.0 Å². The number of piperidine rings is 1. The SMILES string of the molecule is COc1ccc2c3c1O[C@@H]1C(OC(=O)CCC(=O)O[C@@H](C)C(=O)OC(C)(C)C)=CC[C@]4(O)[C@H](C2)N(C)CC[C@@]314. The second-order valence-electron chi connectivity index (χ2n) is 11.9. The summed E-state index contributed by atoms with van der Waals surface area (Å²) >= 11 is 0. The van der Waals surface area contributed by atoms with Gasteiger partial charge < -0.3 is 33.7 Å². The topological polar surface area (TPSA) is 121 Å². The molecule has 0 amide bonds. The average Bonchev–Trinajstić information content (AvgIpc) is 3.21. The summed E-state index contributed by atoms with van der Waals surface area (Å²) in [6, 6.07) is 3.80. The fourth-order valence-corrected chi connectivity index (χ4v) is 6.66. The number of carbonyl (C=O) groups excluding carboxylic acids is 3. The van der Waals surface area contributed by atoms with Gasteiger partial charge in [0.15, 0.2) is 23.7 Å². The third-order valence-corrected chi connectivity index (χ3v) is 8.37. The molecule has 10 heteroatoms. The van der Waals surface area contributed by atoms with Gasteiger partial charge in [0.2, 0.25) is 0 Å². The highest BCUT2D eigenvalue weighted by Crippen LogP contribution is 2.65. The number of methoxy groups -OCH3 is 1. The van der Waals surface area contributed by atoms with Crippen molar-refractivity contribution < 1.29 is 43.2 Å². The number of rotatable bonds is 7. The number of likely N-dealkylation sites (tertiary alicyclic amines) is 1. The summed E-state index contributed by atoms with van der Waals surface area (Å²) in [6.07, 6.45) is 1.04. The van der Waals surface area contributed by atoms with Crippen LogP contribution in [0.4, 0.5) is 0 Å². The van der Waals surface area contributed by atoms with E-state index < -0.39 is 46.7 Å². The van der Waals surface area contributed by atoms with Crippen LogP contribution in [-0.2, 0) is 40.4 Å². The fourth-order valence-electron chi connectivity index (χ4n) is 6.66. The van der Waals surface area contributed by atoms with Crippen LogP contribution in [0, 0.1) is 0 Å². The van der Waals surface area contributed by atoms with Gasteiger partial charge in [-0.1, -0.05) is 6.07 Å². The van der Waals surface area contributed by atoms with E-state index in [1.807, 2.05) is 19.2 Å². The Kier molecular flexibility index (Phi) is 6.70. The first-order valence-electron chi connectivity index (χ1n) is 13.4. The number of ether oxygens (including phenoxy) is 5. The van der Waals surface area contributed by atoms with E-state index in [2.05, 4.69) is 4.90 Å². The van der Waals surface area contributed by atoms with Crippen molar-refractivity contribution >= 4 is 17.9 Å². The third kappa shape index (κ3) is 4.37. The summed E-state index contributed by atoms with van der Waals surface area (Å²) in [7, 11) is 3.60. The van der Waals surface area contributed by atoms with Gasteiger partial charge in [-0.3, -0.25) is 9.59 Å². The monoisotopic (exact) mass is 543 g/mol. The summed E-state index contributed by atoms with van der Waals surface area (Å²) in [6.45, 7) is 7.34. The molecule has 0 saturated carbocycles. The number of hydrogen-bond donors (Lipinski definition) is 1. The molecule has 1 spiro atoms. The van der Waals surface area contributed by atoms with E-state index in [0.29, 0.717) is 36.5 Å². The van der Waals surface area contributed by atoms with Crippen LogP contribution in [0.3, 0.4) is 0 Å². The number of carbonyl (C=O) groups is 3. The predicted octanol–water partition coefficient (Wildman–Crippen LogP) is 2.57. The lowest BCUT2D eigenvalue weighted by Crippen LogP contribution is -2.74. The van der Waals surface area contributed by atoms with Crippen molar-refractivity contribution in [1.82, 2.24) is 4.90 Å². The van der Waals surface area contributed by atoms with Crippen molar-refractivity contribution in [2.45, 2.75) is 94.7 Å². The quantitative estimate of drug-likeness (QED) is 0.406. The largest absolute Gasteiger partial charge is 0.493 e. The minimum Gasteiger partial charge on any atom is -0.493 e. The van der Waals surface area contributed by atoms with Gasteiger partial charge in [0, 0.05) is 18.0 Å². The number of likely N-dealkylation sites (N-methyl/N-ethyl adjacent to an activating group) is 1. The molecule has 0 aromatic heterocycles. The van der Waals surface area contributed by atoms with E-state index in [1.165, 1.54) is 6.92 Å². The van der Waals surface area contributed by atoms with Gasteiger partial charge in [0.05, 0.1) is 31.0 Å². The molecule has 1 aromatic rings. The Bertz CT molecular complexity index is 1230. The first-order chi connectivity index (χ1) is 18.3. The summed E-state index contributed by atoms with van der Waals surface area (Å²) < 4.78 is 28.2. The van der Waals surface area contributed by atoms with Gasteiger partial charge >= 0.3 is 17.9 Å². The van der Waals surface area contributed by atoms with Crippen LogP contribution in [0.2, 0.25) is 0 Å². The molecule has 2 aliphatic carbocycles. The molecule has 5 rings (SSSR count). The van der Waals surface area contributed by atoms with Crippen LogP contribution in [-0.4, -0.2) is 78.1 Å². The molecule has 1 fully saturated rings. The maximum Gasteiger partial charge on any atom is 0.347 e. The van der Waals surface area contributed by atoms with Crippen LogP contribution in [0.25, 0.3) is 0 Å². The van der Waals surface area contributed by atoms with Crippen LogP contribution < -0.4 is 9.47 Å². The highest BCUT2D eigenvalue weighted by Gasteiger charge is 2.72. The van der Waals surface area contributed by atoms with E-state index >= 15 is 0 Å². The Morgan fingerprint density at radius 2 is 1.92 bits per heavy atom. The molecule has 5 atom stereocenters. The molecule has 1 N–H and O–H groups in total. The number of esters is 3. The first-order valence-corrected chi connectivity index (χ1v) is 13.4. The van der Waals surface area contributed by atoms with Gasteiger partial charge in [-0.25, -0.2) is 4.79 Å². The van der Waals surface area contributed by atoms with Crippen molar-refractivity contribution in [3.63, 3.8) is 0 Å². The molecule has 39 heavy (non-hydrogen) atoms. The van der Waals surface area contributed by atoms with Crippen LogP contribution >= 0.6 is 0 Å². The highest BCUT2D eigenvalue weighted by atomic mass is 16.6. The third-order valence-electron chi connectivity index (χ3n) is 8.37. The molecule has 1 saturated heterocycles. The lowest BCUT2D eigenvalue weighted by Gasteiger charge is -2.61.